The topological polar surface area (TPSA) is 72.6 Å². The average molecular weight is 327 g/mol. The molecule has 0 aliphatic heterocycles. The van der Waals surface area contributed by atoms with Gasteiger partial charge in [0.1, 0.15) is 5.60 Å². The van der Waals surface area contributed by atoms with Crippen LogP contribution in [-0.4, -0.2) is 23.4 Å². The molecule has 0 aliphatic carbocycles. The molecule has 0 aliphatic rings. The molecule has 0 heterocycles. The van der Waals surface area contributed by atoms with Crippen molar-refractivity contribution in [1.29, 1.82) is 0 Å². The van der Waals surface area contributed by atoms with Gasteiger partial charge in [0, 0.05) is 12.5 Å². The van der Waals surface area contributed by atoms with Gasteiger partial charge in [-0.2, -0.15) is 0 Å². The van der Waals surface area contributed by atoms with E-state index in [1.807, 2.05) is 63.2 Å². The Labute approximate surface area is 143 Å². The first-order valence-electron chi connectivity index (χ1n) is 8.10. The van der Waals surface area contributed by atoms with Crippen LogP contribution in [0.2, 0.25) is 0 Å². The fourth-order valence-corrected chi connectivity index (χ4v) is 3.36. The third-order valence-electron chi connectivity index (χ3n) is 4.35. The molecular formula is C20H25NO3. The third-order valence-corrected chi connectivity index (χ3v) is 4.35. The number of primary amides is 1. The number of ether oxygens (including phenoxy) is 1. The Hall–Kier alpha value is -2.33. The molecule has 3 N–H and O–H groups in total. The second-order valence-corrected chi connectivity index (χ2v) is 6.65. The van der Waals surface area contributed by atoms with E-state index in [1.54, 1.807) is 0 Å². The number of hydrogen-bond donors (Lipinski definition) is 2. The average Bonchev–Trinajstić information content (AvgIpc) is 2.55. The van der Waals surface area contributed by atoms with Crippen LogP contribution < -0.4 is 5.73 Å². The van der Waals surface area contributed by atoms with E-state index in [0.717, 1.165) is 16.7 Å². The zero-order valence-electron chi connectivity index (χ0n) is 14.4. The van der Waals surface area contributed by atoms with Crippen LogP contribution in [0.25, 0.3) is 11.1 Å². The maximum absolute atomic E-state index is 11.2. The Morgan fingerprint density at radius 1 is 1.08 bits per heavy atom. The first-order valence-corrected chi connectivity index (χ1v) is 8.10. The molecule has 0 saturated carbocycles. The third kappa shape index (κ3) is 4.15. The van der Waals surface area contributed by atoms with Crippen LogP contribution in [0.3, 0.4) is 0 Å². The fraction of sp³-hybridized carbons (Fsp3) is 0.350. The minimum atomic E-state index is -0.817. The van der Waals surface area contributed by atoms with Gasteiger partial charge in [0.25, 0.3) is 0 Å². The van der Waals surface area contributed by atoms with Gasteiger partial charge in [0.15, 0.2) is 0 Å². The molecule has 0 spiro atoms. The van der Waals surface area contributed by atoms with Crippen LogP contribution in [0.4, 0.5) is 4.79 Å². The van der Waals surface area contributed by atoms with E-state index in [2.05, 4.69) is 12.1 Å². The van der Waals surface area contributed by atoms with Gasteiger partial charge < -0.3 is 15.6 Å². The molecule has 2 rings (SSSR count). The Balaban J connectivity index is 2.35. The van der Waals surface area contributed by atoms with Crippen LogP contribution in [0.5, 0.6) is 0 Å². The van der Waals surface area contributed by atoms with Crippen molar-refractivity contribution in [3.63, 3.8) is 0 Å². The van der Waals surface area contributed by atoms with Crippen molar-refractivity contribution in [3.8, 4) is 11.1 Å². The standard InChI is InChI=1S/C20H25NO3/c1-14(13-22)18(20(2,3)24-19(21)23)17-11-9-16(10-12-17)15-7-5-4-6-8-15/h4-12,14,18,22H,13H2,1-3H3,(H2,21,23). The summed E-state index contributed by atoms with van der Waals surface area (Å²) in [7, 11) is 0. The molecule has 24 heavy (non-hydrogen) atoms. The molecule has 0 saturated heterocycles. The number of carbonyl (C=O) groups is 1. The molecule has 0 bridgehead atoms. The Morgan fingerprint density at radius 2 is 1.62 bits per heavy atom. The van der Waals surface area contributed by atoms with Gasteiger partial charge >= 0.3 is 6.09 Å². The van der Waals surface area contributed by atoms with Crippen LogP contribution in [0.15, 0.2) is 54.6 Å². The van der Waals surface area contributed by atoms with Gasteiger partial charge in [0.2, 0.25) is 0 Å². The molecule has 4 heteroatoms. The van der Waals surface area contributed by atoms with Crippen molar-refractivity contribution < 1.29 is 14.6 Å². The summed E-state index contributed by atoms with van der Waals surface area (Å²) in [6.07, 6.45) is -0.809. The van der Waals surface area contributed by atoms with Gasteiger partial charge in [0.05, 0.1) is 0 Å². The molecule has 0 aromatic heterocycles. The van der Waals surface area contributed by atoms with Crippen molar-refractivity contribution >= 4 is 6.09 Å². The van der Waals surface area contributed by atoms with Crippen molar-refractivity contribution in [2.45, 2.75) is 32.3 Å². The van der Waals surface area contributed by atoms with E-state index in [0.29, 0.717) is 0 Å². The summed E-state index contributed by atoms with van der Waals surface area (Å²) in [6.45, 7) is 5.57. The first-order chi connectivity index (χ1) is 11.3. The molecule has 2 aromatic carbocycles. The molecule has 2 aromatic rings. The van der Waals surface area contributed by atoms with Gasteiger partial charge in [-0.25, -0.2) is 4.79 Å². The molecule has 0 radical (unpaired) electrons. The van der Waals surface area contributed by atoms with E-state index >= 15 is 0 Å². The van der Waals surface area contributed by atoms with E-state index in [9.17, 15) is 9.90 Å². The summed E-state index contributed by atoms with van der Waals surface area (Å²) < 4.78 is 5.32. The van der Waals surface area contributed by atoms with E-state index in [1.165, 1.54) is 0 Å². The summed E-state index contributed by atoms with van der Waals surface area (Å²) in [5.41, 5.74) is 7.65. The summed E-state index contributed by atoms with van der Waals surface area (Å²) in [4.78, 5) is 11.2. The lowest BCUT2D eigenvalue weighted by atomic mass is 9.76. The highest BCUT2D eigenvalue weighted by atomic mass is 16.6. The fourth-order valence-electron chi connectivity index (χ4n) is 3.36. The second-order valence-electron chi connectivity index (χ2n) is 6.65. The van der Waals surface area contributed by atoms with E-state index in [-0.39, 0.29) is 18.4 Å². The highest BCUT2D eigenvalue weighted by molar-refractivity contribution is 5.65. The first kappa shape index (κ1) is 18.0. The number of amides is 1. The number of aliphatic hydroxyl groups excluding tert-OH is 1. The summed E-state index contributed by atoms with van der Waals surface area (Å²) in [6, 6.07) is 18.2. The second kappa shape index (κ2) is 7.49. The predicted octanol–water partition coefficient (Wildman–Crippen LogP) is 3.94. The minimum Gasteiger partial charge on any atom is -0.443 e. The SMILES string of the molecule is CC(CO)C(c1ccc(-c2ccccc2)cc1)C(C)(C)OC(N)=O. The van der Waals surface area contributed by atoms with Crippen molar-refractivity contribution in [2.24, 2.45) is 11.7 Å². The number of aliphatic hydroxyl groups is 1. The normalized spacial score (nSPS) is 14.0. The highest BCUT2D eigenvalue weighted by Gasteiger charge is 2.37. The highest BCUT2D eigenvalue weighted by Crippen LogP contribution is 2.38. The largest absolute Gasteiger partial charge is 0.443 e. The summed E-state index contributed by atoms with van der Waals surface area (Å²) >= 11 is 0. The number of carbonyl (C=O) groups excluding carboxylic acids is 1. The smallest absolute Gasteiger partial charge is 0.405 e. The quantitative estimate of drug-likeness (QED) is 0.844. The lowest BCUT2D eigenvalue weighted by Gasteiger charge is -2.37. The van der Waals surface area contributed by atoms with Crippen LogP contribution in [0.1, 0.15) is 32.3 Å². The van der Waals surface area contributed by atoms with Gasteiger partial charge in [-0.3, -0.25) is 0 Å². The molecule has 0 fully saturated rings. The van der Waals surface area contributed by atoms with Crippen molar-refractivity contribution in [2.75, 3.05) is 6.61 Å². The minimum absolute atomic E-state index is 0.00332. The maximum atomic E-state index is 11.2. The molecule has 4 nitrogen and oxygen atoms in total. The van der Waals surface area contributed by atoms with Gasteiger partial charge in [-0.1, -0.05) is 61.5 Å². The summed E-state index contributed by atoms with van der Waals surface area (Å²) in [5.74, 6) is -0.248. The Bertz CT molecular complexity index is 665. The number of hydrogen-bond acceptors (Lipinski definition) is 3. The van der Waals surface area contributed by atoms with Gasteiger partial charge in [-0.05, 0) is 36.5 Å². The van der Waals surface area contributed by atoms with Crippen LogP contribution in [-0.2, 0) is 4.74 Å². The molecule has 128 valence electrons. The number of benzene rings is 2. The molecular weight excluding hydrogens is 302 g/mol. The lowest BCUT2D eigenvalue weighted by Crippen LogP contribution is -2.40. The lowest BCUT2D eigenvalue weighted by molar-refractivity contribution is 0.00125. The number of rotatable bonds is 6. The van der Waals surface area contributed by atoms with E-state index in [4.69, 9.17) is 10.5 Å². The van der Waals surface area contributed by atoms with Crippen molar-refractivity contribution in [1.82, 2.24) is 0 Å². The zero-order valence-corrected chi connectivity index (χ0v) is 14.4. The van der Waals surface area contributed by atoms with E-state index < -0.39 is 11.7 Å². The molecule has 2 unspecified atom stereocenters. The Kier molecular flexibility index (Phi) is 5.62. The van der Waals surface area contributed by atoms with Gasteiger partial charge in [-0.15, -0.1) is 0 Å². The monoisotopic (exact) mass is 327 g/mol. The zero-order chi connectivity index (χ0) is 17.7. The Morgan fingerprint density at radius 3 is 2.12 bits per heavy atom. The van der Waals surface area contributed by atoms with Crippen LogP contribution >= 0.6 is 0 Å². The molecule has 1 amide bonds. The van der Waals surface area contributed by atoms with Crippen molar-refractivity contribution in [3.05, 3.63) is 60.2 Å². The number of nitrogens with two attached hydrogens (primary N) is 1. The maximum Gasteiger partial charge on any atom is 0.405 e. The summed E-state index contributed by atoms with van der Waals surface area (Å²) in [5, 5.41) is 9.62. The van der Waals surface area contributed by atoms with Crippen LogP contribution in [0, 0.1) is 5.92 Å². The predicted molar refractivity (Wildman–Crippen MR) is 95.6 cm³/mol. The molecule has 2 atom stereocenters.